The summed E-state index contributed by atoms with van der Waals surface area (Å²) < 4.78 is 54.4. The number of nitrogens with zero attached hydrogens (tertiary/aromatic N) is 1. The molecule has 1 unspecified atom stereocenters. The molecule has 5 nitrogen and oxygen atoms in total. The zero-order chi connectivity index (χ0) is 15.6. The highest BCUT2D eigenvalue weighted by Gasteiger charge is 2.24. The molecule has 1 heterocycles. The van der Waals surface area contributed by atoms with Crippen molar-refractivity contribution in [1.82, 2.24) is 9.29 Å². The molecule has 2 aromatic rings. The first-order chi connectivity index (χ1) is 9.83. The Morgan fingerprint density at radius 2 is 1.86 bits per heavy atom. The number of hydrogen-bond acceptors (Lipinski definition) is 3. The highest BCUT2D eigenvalue weighted by molar-refractivity contribution is 7.89. The fourth-order valence-electron chi connectivity index (χ4n) is 1.93. The van der Waals surface area contributed by atoms with Crippen molar-refractivity contribution in [1.29, 1.82) is 0 Å². The van der Waals surface area contributed by atoms with E-state index in [1.54, 1.807) is 29.9 Å². The number of aromatic nitrogens is 1. The van der Waals surface area contributed by atoms with Gasteiger partial charge < -0.3 is 9.67 Å². The van der Waals surface area contributed by atoms with E-state index in [9.17, 15) is 22.3 Å². The van der Waals surface area contributed by atoms with Crippen LogP contribution in [0.1, 0.15) is 11.8 Å². The van der Waals surface area contributed by atoms with E-state index in [1.165, 1.54) is 0 Å². The average Bonchev–Trinajstić information content (AvgIpc) is 2.82. The molecule has 0 saturated carbocycles. The molecule has 0 amide bonds. The lowest BCUT2D eigenvalue weighted by atomic mass is 10.2. The third-order valence-corrected chi connectivity index (χ3v) is 4.45. The van der Waals surface area contributed by atoms with Crippen LogP contribution in [0.2, 0.25) is 0 Å². The van der Waals surface area contributed by atoms with Crippen molar-refractivity contribution in [2.45, 2.75) is 11.0 Å². The minimum absolute atomic E-state index is 0.395. The molecule has 0 aliphatic rings. The molecule has 114 valence electrons. The monoisotopic (exact) mass is 316 g/mol. The number of halogens is 2. The normalized spacial score (nSPS) is 13.3. The van der Waals surface area contributed by atoms with Crippen LogP contribution in [-0.2, 0) is 17.1 Å². The highest BCUT2D eigenvalue weighted by atomic mass is 32.2. The summed E-state index contributed by atoms with van der Waals surface area (Å²) in [5.74, 6) is -2.37. The van der Waals surface area contributed by atoms with Crippen molar-refractivity contribution >= 4 is 10.0 Å². The fraction of sp³-hybridized carbons (Fsp3) is 0.231. The molecule has 2 rings (SSSR count). The molecule has 1 aromatic carbocycles. The molecule has 21 heavy (non-hydrogen) atoms. The van der Waals surface area contributed by atoms with Crippen LogP contribution in [0.5, 0.6) is 0 Å². The van der Waals surface area contributed by atoms with Crippen molar-refractivity contribution in [3.05, 3.63) is 53.9 Å². The van der Waals surface area contributed by atoms with E-state index >= 15 is 0 Å². The largest absolute Gasteiger partial charge is 0.386 e. The lowest BCUT2D eigenvalue weighted by molar-refractivity contribution is 0.173. The van der Waals surface area contributed by atoms with Gasteiger partial charge in [0.1, 0.15) is 17.7 Å². The molecule has 0 aliphatic heterocycles. The van der Waals surface area contributed by atoms with Gasteiger partial charge in [0.2, 0.25) is 10.0 Å². The minimum Gasteiger partial charge on any atom is -0.386 e. The topological polar surface area (TPSA) is 71.3 Å². The zero-order valence-corrected chi connectivity index (χ0v) is 11.9. The maximum atomic E-state index is 13.5. The van der Waals surface area contributed by atoms with Crippen LogP contribution < -0.4 is 4.72 Å². The van der Waals surface area contributed by atoms with Crippen LogP contribution in [0.4, 0.5) is 8.78 Å². The second kappa shape index (κ2) is 5.92. The molecular weight excluding hydrogens is 302 g/mol. The van der Waals surface area contributed by atoms with Crippen LogP contribution in [0.3, 0.4) is 0 Å². The van der Waals surface area contributed by atoms with Gasteiger partial charge in [-0.3, -0.25) is 0 Å². The first-order valence-electron chi connectivity index (χ1n) is 6.06. The summed E-state index contributed by atoms with van der Waals surface area (Å²) in [5, 5.41) is 9.90. The Morgan fingerprint density at radius 1 is 1.24 bits per heavy atom. The van der Waals surface area contributed by atoms with Crippen molar-refractivity contribution in [3.63, 3.8) is 0 Å². The number of nitrogens with one attached hydrogen (secondary N) is 1. The predicted molar refractivity (Wildman–Crippen MR) is 71.9 cm³/mol. The van der Waals surface area contributed by atoms with Gasteiger partial charge in [0.15, 0.2) is 4.90 Å². The molecule has 0 bridgehead atoms. The van der Waals surface area contributed by atoms with E-state index in [4.69, 9.17) is 0 Å². The van der Waals surface area contributed by atoms with Crippen LogP contribution in [0, 0.1) is 11.6 Å². The number of hydrogen-bond donors (Lipinski definition) is 2. The Kier molecular flexibility index (Phi) is 4.40. The fourth-order valence-corrected chi connectivity index (χ4v) is 3.10. The quantitative estimate of drug-likeness (QED) is 0.874. The summed E-state index contributed by atoms with van der Waals surface area (Å²) in [4.78, 5) is -1.05. The molecule has 1 atom stereocenters. The molecule has 0 radical (unpaired) electrons. The molecule has 1 aromatic heterocycles. The van der Waals surface area contributed by atoms with Crippen molar-refractivity contribution < 1.29 is 22.3 Å². The summed E-state index contributed by atoms with van der Waals surface area (Å²) in [6, 6.07) is 6.07. The maximum absolute atomic E-state index is 13.5. The van der Waals surface area contributed by atoms with Gasteiger partial charge in [0, 0.05) is 25.5 Å². The zero-order valence-electron chi connectivity index (χ0n) is 11.1. The van der Waals surface area contributed by atoms with Gasteiger partial charge in [-0.25, -0.2) is 21.9 Å². The van der Waals surface area contributed by atoms with E-state index in [1.807, 2.05) is 4.72 Å². The molecule has 0 saturated heterocycles. The number of aliphatic hydroxyl groups excluding tert-OH is 1. The molecule has 0 spiro atoms. The van der Waals surface area contributed by atoms with Gasteiger partial charge in [-0.1, -0.05) is 6.07 Å². The number of aliphatic hydroxyl groups is 1. The summed E-state index contributed by atoms with van der Waals surface area (Å²) in [7, 11) is -2.71. The van der Waals surface area contributed by atoms with Crippen molar-refractivity contribution in [2.24, 2.45) is 7.05 Å². The predicted octanol–water partition coefficient (Wildman–Crippen LogP) is 1.32. The van der Waals surface area contributed by atoms with E-state index in [-0.39, 0.29) is 0 Å². The summed E-state index contributed by atoms with van der Waals surface area (Å²) in [6.07, 6.45) is 0.554. The van der Waals surface area contributed by atoms with E-state index in [0.717, 1.165) is 18.2 Å². The second-order valence-corrected chi connectivity index (χ2v) is 6.17. The molecular formula is C13H14F2N2O3S. The molecule has 0 aliphatic carbocycles. The molecule has 0 fully saturated rings. The third-order valence-electron chi connectivity index (χ3n) is 2.98. The third kappa shape index (κ3) is 3.29. The van der Waals surface area contributed by atoms with Gasteiger partial charge in [-0.2, -0.15) is 0 Å². The van der Waals surface area contributed by atoms with E-state index in [0.29, 0.717) is 5.69 Å². The van der Waals surface area contributed by atoms with Crippen LogP contribution in [0.15, 0.2) is 41.4 Å². The van der Waals surface area contributed by atoms with E-state index in [2.05, 4.69) is 0 Å². The minimum atomic E-state index is -4.39. The van der Waals surface area contributed by atoms with Crippen molar-refractivity contribution in [3.8, 4) is 0 Å². The van der Waals surface area contributed by atoms with E-state index < -0.39 is 39.2 Å². The maximum Gasteiger partial charge on any atom is 0.246 e. The number of rotatable bonds is 5. The lowest BCUT2D eigenvalue weighted by Gasteiger charge is -2.14. The smallest absolute Gasteiger partial charge is 0.246 e. The number of aryl methyl sites for hydroxylation is 1. The Hall–Kier alpha value is -1.77. The number of sulfonamides is 1. The Labute approximate surface area is 120 Å². The van der Waals surface area contributed by atoms with Gasteiger partial charge >= 0.3 is 0 Å². The summed E-state index contributed by atoms with van der Waals surface area (Å²) in [5.41, 5.74) is 0.478. The van der Waals surface area contributed by atoms with Gasteiger partial charge in [-0.05, 0) is 24.3 Å². The Morgan fingerprint density at radius 3 is 2.38 bits per heavy atom. The molecule has 8 heteroatoms. The highest BCUT2D eigenvalue weighted by Crippen LogP contribution is 2.19. The second-order valence-electron chi connectivity index (χ2n) is 4.46. The number of benzene rings is 1. The first kappa shape index (κ1) is 15.6. The van der Waals surface area contributed by atoms with Crippen molar-refractivity contribution in [2.75, 3.05) is 6.54 Å². The Balaban J connectivity index is 2.17. The lowest BCUT2D eigenvalue weighted by Crippen LogP contribution is -2.30. The van der Waals surface area contributed by atoms with Crippen LogP contribution in [-0.4, -0.2) is 24.6 Å². The first-order valence-corrected chi connectivity index (χ1v) is 7.54. The summed E-state index contributed by atoms with van der Waals surface area (Å²) >= 11 is 0. The molecule has 2 N–H and O–H groups in total. The van der Waals surface area contributed by atoms with Crippen LogP contribution >= 0.6 is 0 Å². The SMILES string of the molecule is Cn1cccc1C(O)CNS(=O)(=O)c1c(F)cccc1F. The van der Waals surface area contributed by atoms with Gasteiger partial charge in [0.25, 0.3) is 0 Å². The summed E-state index contributed by atoms with van der Waals surface area (Å²) in [6.45, 7) is -0.395. The Bertz CT molecular complexity index is 723. The van der Waals surface area contributed by atoms with Crippen LogP contribution in [0.25, 0.3) is 0 Å². The average molecular weight is 316 g/mol. The van der Waals surface area contributed by atoms with Gasteiger partial charge in [-0.15, -0.1) is 0 Å². The van der Waals surface area contributed by atoms with Gasteiger partial charge in [0.05, 0.1) is 0 Å². The standard InChI is InChI=1S/C13H14F2N2O3S/c1-17-7-3-6-11(17)12(18)8-16-21(19,20)13-9(14)4-2-5-10(13)15/h2-7,12,16,18H,8H2,1H3.